The summed E-state index contributed by atoms with van der Waals surface area (Å²) in [5, 5.41) is 12.0. The summed E-state index contributed by atoms with van der Waals surface area (Å²) in [6.45, 7) is 0.647. The molecule has 1 aromatic carbocycles. The molecule has 1 fully saturated rings. The van der Waals surface area contributed by atoms with Gasteiger partial charge in [0.2, 0.25) is 0 Å². The number of carbonyl (C=O) groups is 2. The van der Waals surface area contributed by atoms with Crippen molar-refractivity contribution >= 4 is 11.9 Å². The SMILES string of the molecule is O=C(O)c1cccc(C(=O)N[C@H]2CCCO[C@@H]2c2ccncc2)c1. The van der Waals surface area contributed by atoms with Crippen molar-refractivity contribution in [3.05, 3.63) is 65.5 Å². The molecule has 2 atom stereocenters. The maximum absolute atomic E-state index is 12.5. The van der Waals surface area contributed by atoms with Crippen molar-refractivity contribution in [1.29, 1.82) is 0 Å². The molecule has 0 spiro atoms. The molecule has 124 valence electrons. The van der Waals surface area contributed by atoms with Crippen LogP contribution in [0, 0.1) is 0 Å². The summed E-state index contributed by atoms with van der Waals surface area (Å²) in [7, 11) is 0. The smallest absolute Gasteiger partial charge is 0.335 e. The highest BCUT2D eigenvalue weighted by atomic mass is 16.5. The Kier molecular flexibility index (Phi) is 4.86. The molecule has 1 amide bonds. The number of nitrogens with one attached hydrogen (secondary N) is 1. The van der Waals surface area contributed by atoms with E-state index in [1.807, 2.05) is 12.1 Å². The zero-order valence-electron chi connectivity index (χ0n) is 13.0. The van der Waals surface area contributed by atoms with Crippen molar-refractivity contribution < 1.29 is 19.4 Å². The first-order chi connectivity index (χ1) is 11.6. The molecule has 0 aliphatic carbocycles. The molecule has 1 saturated heterocycles. The van der Waals surface area contributed by atoms with Crippen LogP contribution in [0.25, 0.3) is 0 Å². The number of hydrogen-bond acceptors (Lipinski definition) is 4. The standard InChI is InChI=1S/C18H18N2O4/c21-17(13-3-1-4-14(11-13)18(22)23)20-15-5-2-10-24-16(15)12-6-8-19-9-7-12/h1,3-4,6-9,11,15-16H,2,5,10H2,(H,20,21)(H,22,23)/t15-,16+/m0/s1. The number of carboxylic acid groups (broad SMARTS) is 1. The quantitative estimate of drug-likeness (QED) is 0.901. The van der Waals surface area contributed by atoms with Crippen LogP contribution in [-0.4, -0.2) is 34.6 Å². The molecule has 0 radical (unpaired) electrons. The van der Waals surface area contributed by atoms with E-state index in [0.29, 0.717) is 12.2 Å². The highest BCUT2D eigenvalue weighted by Gasteiger charge is 2.29. The second-order valence-electron chi connectivity index (χ2n) is 5.68. The molecule has 3 rings (SSSR count). The number of carbonyl (C=O) groups excluding carboxylic acids is 1. The van der Waals surface area contributed by atoms with Crippen molar-refractivity contribution in [2.45, 2.75) is 25.0 Å². The van der Waals surface area contributed by atoms with Gasteiger partial charge in [0.25, 0.3) is 5.91 Å². The van der Waals surface area contributed by atoms with E-state index in [9.17, 15) is 9.59 Å². The van der Waals surface area contributed by atoms with Crippen LogP contribution in [0.3, 0.4) is 0 Å². The van der Waals surface area contributed by atoms with Crippen LogP contribution in [0.4, 0.5) is 0 Å². The Labute approximate surface area is 139 Å². The van der Waals surface area contributed by atoms with E-state index in [1.54, 1.807) is 24.5 Å². The van der Waals surface area contributed by atoms with Crippen LogP contribution < -0.4 is 5.32 Å². The highest BCUT2D eigenvalue weighted by Crippen LogP contribution is 2.28. The third-order valence-corrected chi connectivity index (χ3v) is 4.05. The van der Waals surface area contributed by atoms with Gasteiger partial charge < -0.3 is 15.2 Å². The Bertz CT molecular complexity index is 733. The van der Waals surface area contributed by atoms with Gasteiger partial charge in [-0.2, -0.15) is 0 Å². The zero-order valence-corrected chi connectivity index (χ0v) is 13.0. The summed E-state index contributed by atoms with van der Waals surface area (Å²) < 4.78 is 5.84. The van der Waals surface area contributed by atoms with Gasteiger partial charge in [0.1, 0.15) is 6.10 Å². The Morgan fingerprint density at radius 1 is 1.17 bits per heavy atom. The van der Waals surface area contributed by atoms with Gasteiger partial charge in [-0.3, -0.25) is 9.78 Å². The van der Waals surface area contributed by atoms with Crippen molar-refractivity contribution in [2.75, 3.05) is 6.61 Å². The maximum atomic E-state index is 12.5. The lowest BCUT2D eigenvalue weighted by Crippen LogP contribution is -2.42. The number of benzene rings is 1. The third-order valence-electron chi connectivity index (χ3n) is 4.05. The van der Waals surface area contributed by atoms with E-state index in [4.69, 9.17) is 9.84 Å². The summed E-state index contributed by atoms with van der Waals surface area (Å²) in [4.78, 5) is 27.5. The van der Waals surface area contributed by atoms with E-state index < -0.39 is 5.97 Å². The fourth-order valence-corrected chi connectivity index (χ4v) is 2.86. The number of ether oxygens (including phenoxy) is 1. The fraction of sp³-hybridized carbons (Fsp3) is 0.278. The van der Waals surface area contributed by atoms with Gasteiger partial charge >= 0.3 is 5.97 Å². The van der Waals surface area contributed by atoms with Crippen molar-refractivity contribution in [3.63, 3.8) is 0 Å². The van der Waals surface area contributed by atoms with Gasteiger partial charge in [-0.25, -0.2) is 4.79 Å². The molecule has 1 aromatic heterocycles. The van der Waals surface area contributed by atoms with Crippen LogP contribution in [0.5, 0.6) is 0 Å². The Balaban J connectivity index is 1.77. The summed E-state index contributed by atoms with van der Waals surface area (Å²) in [6, 6.07) is 9.59. The molecular weight excluding hydrogens is 308 g/mol. The average Bonchev–Trinajstić information content (AvgIpc) is 2.63. The van der Waals surface area contributed by atoms with Gasteiger partial charge in [0.15, 0.2) is 0 Å². The number of carboxylic acids is 1. The normalized spacial score (nSPS) is 20.3. The molecule has 1 aliphatic heterocycles. The number of aromatic carboxylic acids is 1. The molecule has 2 heterocycles. The van der Waals surface area contributed by atoms with Crippen LogP contribution in [0.1, 0.15) is 45.2 Å². The molecule has 6 nitrogen and oxygen atoms in total. The van der Waals surface area contributed by atoms with Gasteiger partial charge in [0.05, 0.1) is 11.6 Å². The Morgan fingerprint density at radius 2 is 1.92 bits per heavy atom. The van der Waals surface area contributed by atoms with Crippen molar-refractivity contribution in [3.8, 4) is 0 Å². The topological polar surface area (TPSA) is 88.5 Å². The van der Waals surface area contributed by atoms with Gasteiger partial charge in [-0.05, 0) is 48.7 Å². The Hall–Kier alpha value is -2.73. The summed E-state index contributed by atoms with van der Waals surface area (Å²) in [5.74, 6) is -1.35. The largest absolute Gasteiger partial charge is 0.478 e. The molecule has 0 unspecified atom stereocenters. The molecule has 2 aromatic rings. The number of amides is 1. The van der Waals surface area contributed by atoms with E-state index in [1.165, 1.54) is 12.1 Å². The predicted molar refractivity (Wildman–Crippen MR) is 86.8 cm³/mol. The second-order valence-corrected chi connectivity index (χ2v) is 5.68. The van der Waals surface area contributed by atoms with Crippen LogP contribution >= 0.6 is 0 Å². The summed E-state index contributed by atoms with van der Waals surface area (Å²) in [6.07, 6.45) is 4.83. The monoisotopic (exact) mass is 326 g/mol. The lowest BCUT2D eigenvalue weighted by Gasteiger charge is -2.32. The van der Waals surface area contributed by atoms with Crippen LogP contribution in [-0.2, 0) is 4.74 Å². The first-order valence-corrected chi connectivity index (χ1v) is 7.81. The fourth-order valence-electron chi connectivity index (χ4n) is 2.86. The molecule has 1 aliphatic rings. The molecular formula is C18H18N2O4. The Morgan fingerprint density at radius 3 is 2.67 bits per heavy atom. The third kappa shape index (κ3) is 3.60. The first-order valence-electron chi connectivity index (χ1n) is 7.81. The number of hydrogen-bond donors (Lipinski definition) is 2. The molecule has 6 heteroatoms. The highest BCUT2D eigenvalue weighted by molar-refractivity contribution is 5.97. The van der Waals surface area contributed by atoms with Crippen LogP contribution in [0.15, 0.2) is 48.8 Å². The minimum absolute atomic E-state index is 0.0910. The number of rotatable bonds is 4. The minimum atomic E-state index is -1.06. The van der Waals surface area contributed by atoms with Crippen LogP contribution in [0.2, 0.25) is 0 Å². The zero-order chi connectivity index (χ0) is 16.9. The summed E-state index contributed by atoms with van der Waals surface area (Å²) >= 11 is 0. The maximum Gasteiger partial charge on any atom is 0.335 e. The average molecular weight is 326 g/mol. The van der Waals surface area contributed by atoms with E-state index in [0.717, 1.165) is 18.4 Å². The molecule has 0 saturated carbocycles. The first kappa shape index (κ1) is 16.1. The number of nitrogens with zero attached hydrogens (tertiary/aromatic N) is 1. The van der Waals surface area contributed by atoms with E-state index in [-0.39, 0.29) is 23.6 Å². The predicted octanol–water partition coefficient (Wildman–Crippen LogP) is 2.43. The number of pyridine rings is 1. The minimum Gasteiger partial charge on any atom is -0.478 e. The molecule has 2 N–H and O–H groups in total. The van der Waals surface area contributed by atoms with Crippen molar-refractivity contribution in [2.24, 2.45) is 0 Å². The molecule has 0 bridgehead atoms. The van der Waals surface area contributed by atoms with Crippen molar-refractivity contribution in [1.82, 2.24) is 10.3 Å². The van der Waals surface area contributed by atoms with Gasteiger partial charge in [-0.15, -0.1) is 0 Å². The summed E-state index contributed by atoms with van der Waals surface area (Å²) in [5.41, 5.74) is 1.39. The number of aromatic nitrogens is 1. The van der Waals surface area contributed by atoms with E-state index in [2.05, 4.69) is 10.3 Å². The second kappa shape index (κ2) is 7.23. The van der Waals surface area contributed by atoms with Gasteiger partial charge in [-0.1, -0.05) is 6.07 Å². The lowest BCUT2D eigenvalue weighted by molar-refractivity contribution is -0.00950. The van der Waals surface area contributed by atoms with E-state index >= 15 is 0 Å². The lowest BCUT2D eigenvalue weighted by atomic mass is 9.96. The van der Waals surface area contributed by atoms with Gasteiger partial charge in [0, 0.05) is 24.6 Å². The molecule has 24 heavy (non-hydrogen) atoms.